The summed E-state index contributed by atoms with van der Waals surface area (Å²) in [6, 6.07) is 10.6. The van der Waals surface area contributed by atoms with Crippen LogP contribution in [0.5, 0.6) is 0 Å². The van der Waals surface area contributed by atoms with Crippen LogP contribution >= 0.6 is 0 Å². The number of amides is 2. The topological polar surface area (TPSA) is 136 Å². The van der Waals surface area contributed by atoms with Crippen LogP contribution in [0, 0.1) is 21.8 Å². The van der Waals surface area contributed by atoms with Crippen molar-refractivity contribution in [2.75, 3.05) is 16.8 Å². The molecule has 1 saturated carbocycles. The van der Waals surface area contributed by atoms with Gasteiger partial charge in [-0.05, 0) is 59.7 Å². The maximum Gasteiger partial charge on any atom is 0.306 e. The Morgan fingerprint density at radius 2 is 1.94 bits per heavy atom. The molecule has 168 valence electrons. The lowest BCUT2D eigenvalue weighted by atomic mass is 10.1. The van der Waals surface area contributed by atoms with Crippen molar-refractivity contribution in [1.29, 1.82) is 0 Å². The van der Waals surface area contributed by atoms with Gasteiger partial charge in [0.1, 0.15) is 0 Å². The van der Waals surface area contributed by atoms with E-state index in [1.165, 1.54) is 11.0 Å². The Balaban J connectivity index is 1.26. The molecule has 33 heavy (non-hydrogen) atoms. The molecule has 2 aromatic carbocycles. The summed E-state index contributed by atoms with van der Waals surface area (Å²) in [6.07, 6.45) is 2.05. The van der Waals surface area contributed by atoms with E-state index in [-0.39, 0.29) is 30.5 Å². The first-order valence-corrected chi connectivity index (χ1v) is 10.3. The van der Waals surface area contributed by atoms with Gasteiger partial charge in [-0.1, -0.05) is 0 Å². The molecule has 2 aliphatic rings. The van der Waals surface area contributed by atoms with Gasteiger partial charge < -0.3 is 10.2 Å². The second-order valence-corrected chi connectivity index (χ2v) is 8.04. The lowest BCUT2D eigenvalue weighted by molar-refractivity contribution is -0.387. The third-order valence-corrected chi connectivity index (χ3v) is 5.73. The van der Waals surface area contributed by atoms with Gasteiger partial charge in [0.25, 0.3) is 0 Å². The van der Waals surface area contributed by atoms with E-state index in [9.17, 15) is 24.1 Å². The number of nitrogens with zero attached hydrogens (tertiary/aromatic N) is 6. The monoisotopic (exact) mass is 451 g/mol. The zero-order valence-corrected chi connectivity index (χ0v) is 17.2. The summed E-state index contributed by atoms with van der Waals surface area (Å²) in [5.74, 6) is -1.68. The van der Waals surface area contributed by atoms with Gasteiger partial charge in [0, 0.05) is 30.3 Å². The van der Waals surface area contributed by atoms with E-state index in [1.54, 1.807) is 16.8 Å². The number of tetrazole rings is 1. The van der Waals surface area contributed by atoms with Crippen LogP contribution in [0.1, 0.15) is 25.3 Å². The standard InChI is InChI=1S/C21H18FN7O4/c22-17-8-7-16(10-18(17)29(32)33)27-11-13(9-19(27)30)21(31)23-14-3-1-12(2-4-14)20-24-25-26-28(20)15-5-6-15/h1-4,7-8,10,13,15H,5-6,9,11H2,(H,23,31). The third kappa shape index (κ3) is 4.02. The van der Waals surface area contributed by atoms with Crippen molar-refractivity contribution >= 4 is 28.9 Å². The van der Waals surface area contributed by atoms with Crippen molar-refractivity contribution in [3.8, 4) is 11.4 Å². The number of anilines is 2. The molecule has 2 amide bonds. The minimum absolute atomic E-state index is 0.0434. The summed E-state index contributed by atoms with van der Waals surface area (Å²) in [7, 11) is 0. The average Bonchev–Trinajstić information content (AvgIpc) is 3.39. The Morgan fingerprint density at radius 3 is 2.64 bits per heavy atom. The summed E-state index contributed by atoms with van der Waals surface area (Å²) in [5.41, 5.74) is 0.838. The molecule has 2 heterocycles. The molecule has 1 saturated heterocycles. The van der Waals surface area contributed by atoms with Crippen molar-refractivity contribution < 1.29 is 18.9 Å². The molecule has 0 radical (unpaired) electrons. The Morgan fingerprint density at radius 1 is 1.18 bits per heavy atom. The molecule has 0 bridgehead atoms. The number of nitro groups is 1. The van der Waals surface area contributed by atoms with Gasteiger partial charge in [-0.15, -0.1) is 5.10 Å². The smallest absolute Gasteiger partial charge is 0.306 e. The number of halogens is 1. The molecule has 3 aromatic rings. The third-order valence-electron chi connectivity index (χ3n) is 5.73. The molecule has 1 aliphatic heterocycles. The van der Waals surface area contributed by atoms with Gasteiger partial charge >= 0.3 is 5.69 Å². The first-order valence-electron chi connectivity index (χ1n) is 10.3. The van der Waals surface area contributed by atoms with E-state index in [0.29, 0.717) is 17.6 Å². The molecule has 5 rings (SSSR count). The molecule has 1 aliphatic carbocycles. The van der Waals surface area contributed by atoms with E-state index in [1.807, 2.05) is 12.1 Å². The van der Waals surface area contributed by atoms with Crippen LogP contribution in [-0.4, -0.2) is 43.5 Å². The molecule has 12 heteroatoms. The van der Waals surface area contributed by atoms with Crippen LogP contribution < -0.4 is 10.2 Å². The second kappa shape index (κ2) is 8.04. The second-order valence-electron chi connectivity index (χ2n) is 8.04. The Kier molecular flexibility index (Phi) is 5.04. The van der Waals surface area contributed by atoms with Gasteiger partial charge in [0.2, 0.25) is 17.6 Å². The number of hydrogen-bond donors (Lipinski definition) is 1. The molecule has 1 unspecified atom stereocenters. The van der Waals surface area contributed by atoms with E-state index >= 15 is 0 Å². The van der Waals surface area contributed by atoms with Crippen molar-refractivity contribution in [1.82, 2.24) is 20.2 Å². The van der Waals surface area contributed by atoms with Crippen molar-refractivity contribution in [2.45, 2.75) is 25.3 Å². The minimum atomic E-state index is -0.987. The van der Waals surface area contributed by atoms with Gasteiger partial charge in [0.15, 0.2) is 5.82 Å². The molecule has 0 spiro atoms. The Labute approximate surface area is 186 Å². The summed E-state index contributed by atoms with van der Waals surface area (Å²) in [6.45, 7) is 0.0434. The number of nitro benzene ring substituents is 1. The van der Waals surface area contributed by atoms with Gasteiger partial charge in [-0.3, -0.25) is 19.7 Å². The fourth-order valence-electron chi connectivity index (χ4n) is 3.84. The predicted octanol–water partition coefficient (Wildman–Crippen LogP) is 2.71. The normalized spacial score (nSPS) is 17.9. The summed E-state index contributed by atoms with van der Waals surface area (Å²) >= 11 is 0. The molecular formula is C21H18FN7O4. The zero-order valence-electron chi connectivity index (χ0n) is 17.2. The molecular weight excluding hydrogens is 433 g/mol. The van der Waals surface area contributed by atoms with Crippen LogP contribution in [0.2, 0.25) is 0 Å². The maximum absolute atomic E-state index is 13.6. The molecule has 1 N–H and O–H groups in total. The van der Waals surface area contributed by atoms with Crippen molar-refractivity contribution in [3.63, 3.8) is 0 Å². The van der Waals surface area contributed by atoms with E-state index in [0.717, 1.165) is 30.5 Å². The highest BCUT2D eigenvalue weighted by molar-refractivity contribution is 6.03. The summed E-state index contributed by atoms with van der Waals surface area (Å²) in [5, 5.41) is 25.6. The van der Waals surface area contributed by atoms with E-state index < -0.39 is 22.3 Å². The van der Waals surface area contributed by atoms with Crippen molar-refractivity contribution in [3.05, 3.63) is 58.4 Å². The maximum atomic E-state index is 13.6. The van der Waals surface area contributed by atoms with Gasteiger partial charge in [0.05, 0.1) is 22.6 Å². The number of rotatable bonds is 6. The first kappa shape index (κ1) is 20.7. The molecule has 11 nitrogen and oxygen atoms in total. The summed E-state index contributed by atoms with van der Waals surface area (Å²) < 4.78 is 15.4. The van der Waals surface area contributed by atoms with E-state index in [4.69, 9.17) is 0 Å². The Bertz CT molecular complexity index is 1260. The fourth-order valence-corrected chi connectivity index (χ4v) is 3.84. The number of aromatic nitrogens is 4. The van der Waals surface area contributed by atoms with Crippen molar-refractivity contribution in [2.24, 2.45) is 5.92 Å². The number of benzene rings is 2. The summed E-state index contributed by atoms with van der Waals surface area (Å²) in [4.78, 5) is 36.6. The number of hydrogen-bond acceptors (Lipinski definition) is 7. The number of nitrogens with one attached hydrogen (secondary N) is 1. The van der Waals surface area contributed by atoms with Crippen LogP contribution in [0.4, 0.5) is 21.5 Å². The molecule has 1 aromatic heterocycles. The average molecular weight is 451 g/mol. The van der Waals surface area contributed by atoms with Crippen LogP contribution in [0.3, 0.4) is 0 Å². The van der Waals surface area contributed by atoms with E-state index in [2.05, 4.69) is 20.8 Å². The first-order chi connectivity index (χ1) is 15.9. The quantitative estimate of drug-likeness (QED) is 0.449. The highest BCUT2D eigenvalue weighted by Crippen LogP contribution is 2.36. The number of carbonyl (C=O) groups is 2. The number of carbonyl (C=O) groups excluding carboxylic acids is 2. The molecule has 2 fully saturated rings. The lowest BCUT2D eigenvalue weighted by Crippen LogP contribution is -2.28. The van der Waals surface area contributed by atoms with Crippen LogP contribution in [0.25, 0.3) is 11.4 Å². The lowest BCUT2D eigenvalue weighted by Gasteiger charge is -2.16. The highest BCUT2D eigenvalue weighted by atomic mass is 19.1. The highest BCUT2D eigenvalue weighted by Gasteiger charge is 2.36. The SMILES string of the molecule is O=C(Nc1ccc(-c2nnnn2C2CC2)cc1)C1CC(=O)N(c2ccc(F)c([N+](=O)[O-])c2)C1. The van der Waals surface area contributed by atoms with Crippen LogP contribution in [-0.2, 0) is 9.59 Å². The molecule has 1 atom stereocenters. The minimum Gasteiger partial charge on any atom is -0.326 e. The zero-order chi connectivity index (χ0) is 23.1. The predicted molar refractivity (Wildman–Crippen MR) is 114 cm³/mol. The Hall–Kier alpha value is -4.22. The van der Waals surface area contributed by atoms with Crippen LogP contribution in [0.15, 0.2) is 42.5 Å². The van der Waals surface area contributed by atoms with Gasteiger partial charge in [-0.25, -0.2) is 4.68 Å². The fraction of sp³-hybridized carbons (Fsp3) is 0.286. The largest absolute Gasteiger partial charge is 0.326 e. The van der Waals surface area contributed by atoms with Gasteiger partial charge in [-0.2, -0.15) is 4.39 Å².